The summed E-state index contributed by atoms with van der Waals surface area (Å²) in [5, 5.41) is 0. The van der Waals surface area contributed by atoms with Gasteiger partial charge in [0.05, 0.1) is 0 Å². The third-order valence-electron chi connectivity index (χ3n) is 4.17. The Morgan fingerprint density at radius 3 is 2.42 bits per heavy atom. The molecule has 0 fully saturated rings. The van der Waals surface area contributed by atoms with Gasteiger partial charge in [0.15, 0.2) is 0 Å². The Labute approximate surface area is 144 Å². The van der Waals surface area contributed by atoms with Crippen LogP contribution in [-0.2, 0) is 6.42 Å². The van der Waals surface area contributed by atoms with Gasteiger partial charge in [-0.25, -0.2) is 0 Å². The first-order valence-electron chi connectivity index (χ1n) is 8.29. The second-order valence-corrected chi connectivity index (χ2v) is 6.04. The summed E-state index contributed by atoms with van der Waals surface area (Å²) < 4.78 is 0. The van der Waals surface area contributed by atoms with Crippen molar-refractivity contribution in [2.45, 2.75) is 13.3 Å². The minimum absolute atomic E-state index is 0.928. The average molecular weight is 310 g/mol. The Bertz CT molecular complexity index is 851. The van der Waals surface area contributed by atoms with E-state index in [0.29, 0.717) is 0 Å². The molecule has 24 heavy (non-hydrogen) atoms. The van der Waals surface area contributed by atoms with Crippen LogP contribution in [0.2, 0.25) is 0 Å². The van der Waals surface area contributed by atoms with Crippen molar-refractivity contribution in [3.05, 3.63) is 114 Å². The summed E-state index contributed by atoms with van der Waals surface area (Å²) in [7, 11) is 0. The number of rotatable bonds is 5. The Kier molecular flexibility index (Phi) is 5.08. The first kappa shape index (κ1) is 16.0. The number of hydrogen-bond acceptors (Lipinski definition) is 0. The highest BCUT2D eigenvalue weighted by atomic mass is 14.1. The molecule has 3 rings (SSSR count). The zero-order valence-corrected chi connectivity index (χ0v) is 14.1. The second kappa shape index (κ2) is 7.61. The fourth-order valence-corrected chi connectivity index (χ4v) is 2.86. The molecule has 0 radical (unpaired) electrons. The molecule has 0 aliphatic carbocycles. The molecule has 0 aliphatic rings. The maximum absolute atomic E-state index is 3.75. The highest BCUT2D eigenvalue weighted by Gasteiger charge is 2.03. The molecule has 0 N–H and O–H groups in total. The molecule has 3 aromatic carbocycles. The molecule has 0 bridgehead atoms. The van der Waals surface area contributed by atoms with E-state index in [9.17, 15) is 0 Å². The Morgan fingerprint density at radius 2 is 1.62 bits per heavy atom. The molecule has 0 saturated carbocycles. The molecular weight excluding hydrogens is 288 g/mol. The van der Waals surface area contributed by atoms with Gasteiger partial charge in [0.2, 0.25) is 0 Å². The molecule has 0 spiro atoms. The fourth-order valence-electron chi connectivity index (χ4n) is 2.86. The highest BCUT2D eigenvalue weighted by molar-refractivity contribution is 5.65. The number of benzene rings is 3. The van der Waals surface area contributed by atoms with E-state index in [1.54, 1.807) is 0 Å². The molecule has 0 atom stereocenters. The number of allylic oxidation sites excluding steroid dienone is 2. The third kappa shape index (κ3) is 3.91. The standard InChI is InChI=1S/C24H22/c1-3-4-9-21-10-5-6-11-23(21)17-20-8-7-12-24(18-20)22-15-13-19(2)14-16-22/h3-16,18H,1,17H2,2H3/b9-4-. The van der Waals surface area contributed by atoms with Crippen molar-refractivity contribution in [3.63, 3.8) is 0 Å². The lowest BCUT2D eigenvalue weighted by Crippen LogP contribution is -1.92. The summed E-state index contributed by atoms with van der Waals surface area (Å²) in [6, 6.07) is 26.0. The van der Waals surface area contributed by atoms with E-state index in [-0.39, 0.29) is 0 Å². The van der Waals surface area contributed by atoms with Crippen LogP contribution in [0, 0.1) is 6.92 Å². The van der Waals surface area contributed by atoms with Crippen molar-refractivity contribution in [1.29, 1.82) is 0 Å². The first-order valence-corrected chi connectivity index (χ1v) is 8.29. The maximum atomic E-state index is 3.75. The summed E-state index contributed by atoms with van der Waals surface area (Å²) in [5.41, 5.74) is 7.73. The first-order chi connectivity index (χ1) is 11.8. The Balaban J connectivity index is 1.89. The molecule has 0 aliphatic heterocycles. The topological polar surface area (TPSA) is 0 Å². The normalized spacial score (nSPS) is 10.9. The predicted octanol–water partition coefficient (Wildman–Crippen LogP) is 6.45. The minimum Gasteiger partial charge on any atom is -0.0991 e. The fraction of sp³-hybridized carbons (Fsp3) is 0.0833. The van der Waals surface area contributed by atoms with Crippen LogP contribution in [0.25, 0.3) is 17.2 Å². The van der Waals surface area contributed by atoms with Crippen molar-refractivity contribution in [3.8, 4) is 11.1 Å². The minimum atomic E-state index is 0.928. The molecule has 0 aromatic heterocycles. The SMILES string of the molecule is C=C/C=C\c1ccccc1Cc1cccc(-c2ccc(C)cc2)c1. The van der Waals surface area contributed by atoms with Crippen LogP contribution < -0.4 is 0 Å². The molecule has 0 heteroatoms. The van der Waals surface area contributed by atoms with Gasteiger partial charge in [-0.2, -0.15) is 0 Å². The van der Waals surface area contributed by atoms with Gasteiger partial charge < -0.3 is 0 Å². The zero-order valence-electron chi connectivity index (χ0n) is 14.1. The van der Waals surface area contributed by atoms with Gasteiger partial charge in [0, 0.05) is 0 Å². The smallest absolute Gasteiger partial charge is 0.00196 e. The van der Waals surface area contributed by atoms with Crippen LogP contribution >= 0.6 is 0 Å². The van der Waals surface area contributed by atoms with Gasteiger partial charge >= 0.3 is 0 Å². The van der Waals surface area contributed by atoms with Gasteiger partial charge in [-0.05, 0) is 41.2 Å². The largest absolute Gasteiger partial charge is 0.0991 e. The predicted molar refractivity (Wildman–Crippen MR) is 105 cm³/mol. The molecule has 3 aromatic rings. The van der Waals surface area contributed by atoms with Crippen LogP contribution in [-0.4, -0.2) is 0 Å². The Hall–Kier alpha value is -2.86. The van der Waals surface area contributed by atoms with Crippen LogP contribution in [0.1, 0.15) is 22.3 Å². The lowest BCUT2D eigenvalue weighted by Gasteiger charge is -2.09. The van der Waals surface area contributed by atoms with E-state index in [4.69, 9.17) is 0 Å². The van der Waals surface area contributed by atoms with Crippen LogP contribution in [0.15, 0.2) is 91.5 Å². The molecule has 118 valence electrons. The maximum Gasteiger partial charge on any atom is -0.00196 e. The summed E-state index contributed by atoms with van der Waals surface area (Å²) in [4.78, 5) is 0. The molecular formula is C24H22. The van der Waals surface area contributed by atoms with Crippen molar-refractivity contribution in [1.82, 2.24) is 0 Å². The van der Waals surface area contributed by atoms with Crippen LogP contribution in [0.5, 0.6) is 0 Å². The van der Waals surface area contributed by atoms with Gasteiger partial charge in [0.25, 0.3) is 0 Å². The highest BCUT2D eigenvalue weighted by Crippen LogP contribution is 2.23. The molecule has 0 amide bonds. The second-order valence-electron chi connectivity index (χ2n) is 6.04. The quantitative estimate of drug-likeness (QED) is 0.475. The lowest BCUT2D eigenvalue weighted by atomic mass is 9.96. The van der Waals surface area contributed by atoms with Crippen molar-refractivity contribution >= 4 is 6.08 Å². The van der Waals surface area contributed by atoms with Gasteiger partial charge in [-0.3, -0.25) is 0 Å². The summed E-state index contributed by atoms with van der Waals surface area (Å²) in [6.45, 7) is 5.87. The van der Waals surface area contributed by atoms with E-state index in [1.807, 2.05) is 12.2 Å². The van der Waals surface area contributed by atoms with Crippen LogP contribution in [0.4, 0.5) is 0 Å². The van der Waals surface area contributed by atoms with Crippen molar-refractivity contribution < 1.29 is 0 Å². The molecule has 0 heterocycles. The third-order valence-corrected chi connectivity index (χ3v) is 4.17. The molecule has 0 saturated heterocycles. The Morgan fingerprint density at radius 1 is 0.833 bits per heavy atom. The van der Waals surface area contributed by atoms with Crippen molar-refractivity contribution in [2.24, 2.45) is 0 Å². The monoisotopic (exact) mass is 310 g/mol. The zero-order chi connectivity index (χ0) is 16.8. The summed E-state index contributed by atoms with van der Waals surface area (Å²) in [6.07, 6.45) is 6.85. The van der Waals surface area contributed by atoms with Gasteiger partial charge in [-0.15, -0.1) is 0 Å². The van der Waals surface area contributed by atoms with Gasteiger partial charge in [0.1, 0.15) is 0 Å². The van der Waals surface area contributed by atoms with Crippen LogP contribution in [0.3, 0.4) is 0 Å². The van der Waals surface area contributed by atoms with E-state index in [0.717, 1.165) is 6.42 Å². The lowest BCUT2D eigenvalue weighted by molar-refractivity contribution is 1.19. The van der Waals surface area contributed by atoms with Crippen molar-refractivity contribution in [2.75, 3.05) is 0 Å². The van der Waals surface area contributed by atoms with E-state index in [2.05, 4.69) is 92.4 Å². The average Bonchev–Trinajstić information content (AvgIpc) is 2.62. The summed E-state index contributed by atoms with van der Waals surface area (Å²) in [5.74, 6) is 0. The summed E-state index contributed by atoms with van der Waals surface area (Å²) >= 11 is 0. The van der Waals surface area contributed by atoms with E-state index < -0.39 is 0 Å². The number of hydrogen-bond donors (Lipinski definition) is 0. The van der Waals surface area contributed by atoms with E-state index in [1.165, 1.54) is 33.4 Å². The van der Waals surface area contributed by atoms with Gasteiger partial charge in [-0.1, -0.05) is 103 Å². The molecule has 0 nitrogen and oxygen atoms in total. The molecule has 0 unspecified atom stereocenters. The van der Waals surface area contributed by atoms with E-state index >= 15 is 0 Å². The number of aryl methyl sites for hydroxylation is 1.